The Balaban J connectivity index is 1.73. The molecule has 1 atom stereocenters. The summed E-state index contributed by atoms with van der Waals surface area (Å²) < 4.78 is 29.2. The van der Waals surface area contributed by atoms with E-state index in [0.29, 0.717) is 26.9 Å². The van der Waals surface area contributed by atoms with Gasteiger partial charge in [0.1, 0.15) is 12.6 Å². The standard InChI is InChI=1S/C32H37Cl2N3O4S/c1-22-17-18-23(2)30(19-22)37(42(40,41)26-13-8-5-9-14-26)21-31(38)36(20-27-28(33)15-10-16-29(27)34)24(3)32(39)35-25-11-6-4-7-12-25/h5,8-10,13-19,24-25H,4,6-7,11-12,20-21H2,1-3H3,(H,35,39)/t24-/m1/s1. The van der Waals surface area contributed by atoms with Crippen molar-refractivity contribution in [2.45, 2.75) is 76.4 Å². The third kappa shape index (κ3) is 7.46. The highest BCUT2D eigenvalue weighted by Crippen LogP contribution is 2.30. The molecule has 1 saturated carbocycles. The number of hydrogen-bond acceptors (Lipinski definition) is 4. The van der Waals surface area contributed by atoms with Crippen LogP contribution >= 0.6 is 23.2 Å². The molecule has 1 N–H and O–H groups in total. The largest absolute Gasteiger partial charge is 0.352 e. The molecule has 1 aliphatic rings. The van der Waals surface area contributed by atoms with Crippen LogP contribution in [0.2, 0.25) is 10.0 Å². The van der Waals surface area contributed by atoms with Crippen LogP contribution < -0.4 is 9.62 Å². The number of amides is 2. The minimum atomic E-state index is -4.15. The Bertz CT molecular complexity index is 1510. The van der Waals surface area contributed by atoms with Crippen molar-refractivity contribution in [1.82, 2.24) is 10.2 Å². The molecule has 0 spiro atoms. The van der Waals surface area contributed by atoms with Gasteiger partial charge in [-0.05, 0) is 75.1 Å². The zero-order valence-corrected chi connectivity index (χ0v) is 26.5. The molecule has 0 bridgehead atoms. The average molecular weight is 631 g/mol. The van der Waals surface area contributed by atoms with Gasteiger partial charge < -0.3 is 10.2 Å². The molecule has 2 amide bonds. The number of nitrogens with zero attached hydrogens (tertiary/aromatic N) is 2. The van der Waals surface area contributed by atoms with Gasteiger partial charge in [-0.2, -0.15) is 0 Å². The molecule has 0 radical (unpaired) electrons. The second kappa shape index (κ2) is 13.9. The van der Waals surface area contributed by atoms with E-state index in [1.165, 1.54) is 17.0 Å². The number of halogens is 2. The molecule has 0 saturated heterocycles. The SMILES string of the molecule is Cc1ccc(C)c(N(CC(=O)N(Cc2c(Cl)cccc2Cl)[C@H](C)C(=O)NC2CCCCC2)S(=O)(=O)c2ccccc2)c1. The van der Waals surface area contributed by atoms with E-state index in [4.69, 9.17) is 23.2 Å². The summed E-state index contributed by atoms with van der Waals surface area (Å²) in [4.78, 5) is 29.1. The Morgan fingerprint density at radius 3 is 2.21 bits per heavy atom. The molecular formula is C32H37Cl2N3O4S. The predicted molar refractivity (Wildman–Crippen MR) is 168 cm³/mol. The number of carbonyl (C=O) groups excluding carboxylic acids is 2. The third-order valence-electron chi connectivity index (χ3n) is 7.75. The van der Waals surface area contributed by atoms with Crippen molar-refractivity contribution >= 4 is 50.7 Å². The molecule has 0 unspecified atom stereocenters. The van der Waals surface area contributed by atoms with Crippen LogP contribution in [0, 0.1) is 13.8 Å². The highest BCUT2D eigenvalue weighted by molar-refractivity contribution is 7.92. The summed E-state index contributed by atoms with van der Waals surface area (Å²) in [5, 5.41) is 3.80. The quantitative estimate of drug-likeness (QED) is 0.271. The van der Waals surface area contributed by atoms with Crippen molar-refractivity contribution in [3.05, 3.63) is 93.5 Å². The van der Waals surface area contributed by atoms with Gasteiger partial charge in [-0.3, -0.25) is 13.9 Å². The van der Waals surface area contributed by atoms with Gasteiger partial charge in [0.2, 0.25) is 11.8 Å². The highest BCUT2D eigenvalue weighted by Gasteiger charge is 2.34. The van der Waals surface area contributed by atoms with Crippen LogP contribution in [0.15, 0.2) is 71.6 Å². The van der Waals surface area contributed by atoms with Gasteiger partial charge in [-0.1, -0.05) is 78.9 Å². The van der Waals surface area contributed by atoms with Crippen molar-refractivity contribution in [2.24, 2.45) is 0 Å². The molecule has 42 heavy (non-hydrogen) atoms. The van der Waals surface area contributed by atoms with Crippen LogP contribution in [0.1, 0.15) is 55.7 Å². The maximum Gasteiger partial charge on any atom is 0.264 e. The van der Waals surface area contributed by atoms with Crippen LogP contribution in [0.3, 0.4) is 0 Å². The molecule has 3 aromatic rings. The lowest BCUT2D eigenvalue weighted by molar-refractivity contribution is -0.139. The molecule has 0 aromatic heterocycles. The summed E-state index contributed by atoms with van der Waals surface area (Å²) in [7, 11) is -4.15. The Labute approximate surface area is 258 Å². The van der Waals surface area contributed by atoms with Crippen molar-refractivity contribution in [3.8, 4) is 0 Å². The second-order valence-corrected chi connectivity index (χ2v) is 13.5. The van der Waals surface area contributed by atoms with E-state index >= 15 is 0 Å². The Morgan fingerprint density at radius 1 is 0.929 bits per heavy atom. The van der Waals surface area contributed by atoms with Gasteiger partial charge in [-0.25, -0.2) is 8.42 Å². The maximum absolute atomic E-state index is 14.2. The van der Waals surface area contributed by atoms with Gasteiger partial charge in [0.25, 0.3) is 10.0 Å². The van der Waals surface area contributed by atoms with Crippen molar-refractivity contribution in [2.75, 3.05) is 10.8 Å². The fraction of sp³-hybridized carbons (Fsp3) is 0.375. The predicted octanol–water partition coefficient (Wildman–Crippen LogP) is 6.67. The first-order chi connectivity index (χ1) is 20.0. The molecule has 7 nitrogen and oxygen atoms in total. The molecule has 0 heterocycles. The summed E-state index contributed by atoms with van der Waals surface area (Å²) in [5.74, 6) is -0.861. The van der Waals surface area contributed by atoms with Gasteiger partial charge in [0, 0.05) is 28.2 Å². The lowest BCUT2D eigenvalue weighted by Crippen LogP contribution is -2.53. The van der Waals surface area contributed by atoms with E-state index in [1.54, 1.807) is 56.3 Å². The monoisotopic (exact) mass is 629 g/mol. The number of benzene rings is 3. The summed E-state index contributed by atoms with van der Waals surface area (Å²) in [6.45, 7) is 4.72. The van der Waals surface area contributed by atoms with E-state index < -0.39 is 28.5 Å². The van der Waals surface area contributed by atoms with E-state index in [-0.39, 0.29) is 23.4 Å². The summed E-state index contributed by atoms with van der Waals surface area (Å²) in [6.07, 6.45) is 5.00. The smallest absolute Gasteiger partial charge is 0.264 e. The number of nitrogens with one attached hydrogen (secondary N) is 1. The van der Waals surface area contributed by atoms with Crippen molar-refractivity contribution < 1.29 is 18.0 Å². The first kappa shape index (κ1) is 31.9. The lowest BCUT2D eigenvalue weighted by atomic mass is 9.95. The summed E-state index contributed by atoms with van der Waals surface area (Å²) >= 11 is 13.0. The van der Waals surface area contributed by atoms with Crippen molar-refractivity contribution in [3.63, 3.8) is 0 Å². The van der Waals surface area contributed by atoms with E-state index in [9.17, 15) is 18.0 Å². The van der Waals surface area contributed by atoms with Crippen LogP contribution in [0.4, 0.5) is 5.69 Å². The second-order valence-electron chi connectivity index (χ2n) is 10.9. The summed E-state index contributed by atoms with van der Waals surface area (Å²) in [5.41, 5.74) is 2.41. The molecule has 1 fully saturated rings. The van der Waals surface area contributed by atoms with E-state index in [1.807, 2.05) is 19.1 Å². The number of rotatable bonds is 10. The first-order valence-corrected chi connectivity index (χ1v) is 16.4. The van der Waals surface area contributed by atoms with Crippen LogP contribution in [-0.2, 0) is 26.2 Å². The van der Waals surface area contributed by atoms with E-state index in [0.717, 1.165) is 42.0 Å². The number of sulfonamides is 1. The van der Waals surface area contributed by atoms with Gasteiger partial charge >= 0.3 is 0 Å². The average Bonchev–Trinajstić information content (AvgIpc) is 2.97. The molecule has 3 aromatic carbocycles. The molecule has 10 heteroatoms. The van der Waals surface area contributed by atoms with Crippen molar-refractivity contribution in [1.29, 1.82) is 0 Å². The molecule has 224 valence electrons. The fourth-order valence-electron chi connectivity index (χ4n) is 5.23. The van der Waals surface area contributed by atoms with Crippen LogP contribution in [0.25, 0.3) is 0 Å². The number of anilines is 1. The Kier molecular flexibility index (Phi) is 10.6. The molecule has 0 aliphatic heterocycles. The Hall–Kier alpha value is -3.07. The van der Waals surface area contributed by atoms with Gasteiger partial charge in [0.05, 0.1) is 10.6 Å². The molecule has 1 aliphatic carbocycles. The first-order valence-electron chi connectivity index (χ1n) is 14.2. The van der Waals surface area contributed by atoms with Crippen LogP contribution in [-0.4, -0.2) is 43.8 Å². The number of carbonyl (C=O) groups is 2. The third-order valence-corrected chi connectivity index (χ3v) is 10.2. The normalized spacial score (nSPS) is 14.7. The highest BCUT2D eigenvalue weighted by atomic mass is 35.5. The minimum absolute atomic E-state index is 0.0412. The van der Waals surface area contributed by atoms with Gasteiger partial charge in [0.15, 0.2) is 0 Å². The zero-order valence-electron chi connectivity index (χ0n) is 24.1. The lowest BCUT2D eigenvalue weighted by Gasteiger charge is -2.34. The summed E-state index contributed by atoms with van der Waals surface area (Å²) in [6, 6.07) is 17.6. The molecule has 4 rings (SSSR count). The number of aryl methyl sites for hydroxylation is 2. The van der Waals surface area contributed by atoms with E-state index in [2.05, 4.69) is 5.32 Å². The topological polar surface area (TPSA) is 86.8 Å². The van der Waals surface area contributed by atoms with Gasteiger partial charge in [-0.15, -0.1) is 0 Å². The maximum atomic E-state index is 14.2. The molecular weight excluding hydrogens is 593 g/mol. The van der Waals surface area contributed by atoms with Crippen LogP contribution in [0.5, 0.6) is 0 Å². The fourth-order valence-corrected chi connectivity index (χ4v) is 7.23. The zero-order chi connectivity index (χ0) is 30.4. The number of hydrogen-bond donors (Lipinski definition) is 1. The minimum Gasteiger partial charge on any atom is -0.352 e. The Morgan fingerprint density at radius 2 is 1.57 bits per heavy atom.